The van der Waals surface area contributed by atoms with Gasteiger partial charge in [0, 0.05) is 19.7 Å². The van der Waals surface area contributed by atoms with E-state index < -0.39 is 0 Å². The lowest BCUT2D eigenvalue weighted by Crippen LogP contribution is -2.44. The maximum Gasteiger partial charge on any atom is 0.0693 e. The highest BCUT2D eigenvalue weighted by molar-refractivity contribution is 4.76. The van der Waals surface area contributed by atoms with Gasteiger partial charge in [0.2, 0.25) is 0 Å². The lowest BCUT2D eigenvalue weighted by Gasteiger charge is -2.34. The van der Waals surface area contributed by atoms with E-state index in [0.717, 1.165) is 45.7 Å². The Morgan fingerprint density at radius 2 is 2.21 bits per heavy atom. The van der Waals surface area contributed by atoms with E-state index >= 15 is 0 Å². The summed E-state index contributed by atoms with van der Waals surface area (Å²) < 4.78 is 5.42. The topological polar surface area (TPSA) is 32.7 Å². The molecule has 84 valence electrons. The van der Waals surface area contributed by atoms with Crippen molar-refractivity contribution in [2.24, 2.45) is 5.92 Å². The predicted octanol–water partition coefficient (Wildman–Crippen LogP) is 1.12. The number of nitrogens with zero attached hydrogens (tertiary/aromatic N) is 1. The van der Waals surface area contributed by atoms with Crippen LogP contribution in [0.4, 0.5) is 0 Å². The minimum atomic E-state index is -0.144. The molecule has 1 aliphatic heterocycles. The second-order valence-corrected chi connectivity index (χ2v) is 4.25. The number of ether oxygens (including phenoxy) is 1. The van der Waals surface area contributed by atoms with Gasteiger partial charge in [-0.25, -0.2) is 0 Å². The van der Waals surface area contributed by atoms with Gasteiger partial charge in [-0.15, -0.1) is 0 Å². The highest BCUT2D eigenvalue weighted by Gasteiger charge is 2.23. The van der Waals surface area contributed by atoms with Crippen LogP contribution in [0.2, 0.25) is 0 Å². The lowest BCUT2D eigenvalue weighted by atomic mass is 9.96. The van der Waals surface area contributed by atoms with Gasteiger partial charge >= 0.3 is 0 Å². The molecule has 1 rings (SSSR count). The van der Waals surface area contributed by atoms with Crippen LogP contribution in [-0.2, 0) is 4.74 Å². The second-order valence-electron chi connectivity index (χ2n) is 4.25. The highest BCUT2D eigenvalue weighted by Crippen LogP contribution is 2.16. The van der Waals surface area contributed by atoms with Gasteiger partial charge in [-0.2, -0.15) is 0 Å². The maximum atomic E-state index is 9.67. The summed E-state index contributed by atoms with van der Waals surface area (Å²) >= 11 is 0. The number of piperidine rings is 1. The van der Waals surface area contributed by atoms with Crippen LogP contribution in [0.3, 0.4) is 0 Å². The van der Waals surface area contributed by atoms with Gasteiger partial charge in [-0.3, -0.25) is 4.90 Å². The standard InChI is InChI=1S/C11H23NO2/c1-3-7-14-8-6-12-5-4-10(2)11(13)9-12/h10-11,13H,3-9H2,1-2H3. The Kier molecular flexibility index (Phi) is 5.45. The third-order valence-corrected chi connectivity index (χ3v) is 2.90. The molecule has 0 aliphatic carbocycles. The van der Waals surface area contributed by atoms with Crippen LogP contribution in [0.25, 0.3) is 0 Å². The molecule has 0 saturated carbocycles. The van der Waals surface area contributed by atoms with Gasteiger partial charge < -0.3 is 9.84 Å². The molecular formula is C11H23NO2. The molecule has 0 aromatic heterocycles. The van der Waals surface area contributed by atoms with Gasteiger partial charge in [0.25, 0.3) is 0 Å². The molecule has 0 radical (unpaired) electrons. The minimum Gasteiger partial charge on any atom is -0.392 e. The number of β-amino-alcohol motifs (C(OH)–C–C–N with tert-alkyl or cyclic N) is 1. The Bertz CT molecular complexity index is 152. The number of hydrogen-bond donors (Lipinski definition) is 1. The summed E-state index contributed by atoms with van der Waals surface area (Å²) in [5.41, 5.74) is 0. The van der Waals surface area contributed by atoms with Crippen molar-refractivity contribution in [2.45, 2.75) is 32.8 Å². The predicted molar refractivity (Wildman–Crippen MR) is 57.3 cm³/mol. The van der Waals surface area contributed by atoms with Gasteiger partial charge in [0.05, 0.1) is 12.7 Å². The molecular weight excluding hydrogens is 178 g/mol. The summed E-state index contributed by atoms with van der Waals surface area (Å²) in [7, 11) is 0. The summed E-state index contributed by atoms with van der Waals surface area (Å²) in [5.74, 6) is 0.461. The van der Waals surface area contributed by atoms with E-state index in [1.54, 1.807) is 0 Å². The van der Waals surface area contributed by atoms with Crippen LogP contribution in [0, 0.1) is 5.92 Å². The third kappa shape index (κ3) is 3.95. The first kappa shape index (κ1) is 12.0. The summed E-state index contributed by atoms with van der Waals surface area (Å²) in [6.07, 6.45) is 2.05. The average Bonchev–Trinajstić information content (AvgIpc) is 2.18. The van der Waals surface area contributed by atoms with E-state index in [0.29, 0.717) is 5.92 Å². The molecule has 0 spiro atoms. The Balaban J connectivity index is 2.07. The molecule has 2 atom stereocenters. The quantitative estimate of drug-likeness (QED) is 0.676. The van der Waals surface area contributed by atoms with Crippen LogP contribution in [0.5, 0.6) is 0 Å². The molecule has 1 heterocycles. The normalized spacial score (nSPS) is 29.4. The first-order chi connectivity index (χ1) is 6.74. The average molecular weight is 201 g/mol. The largest absolute Gasteiger partial charge is 0.392 e. The van der Waals surface area contributed by atoms with Gasteiger partial charge in [-0.1, -0.05) is 13.8 Å². The Morgan fingerprint density at radius 1 is 1.43 bits per heavy atom. The van der Waals surface area contributed by atoms with Crippen LogP contribution in [-0.4, -0.2) is 49.0 Å². The molecule has 14 heavy (non-hydrogen) atoms. The zero-order valence-electron chi connectivity index (χ0n) is 9.41. The smallest absolute Gasteiger partial charge is 0.0693 e. The van der Waals surface area contributed by atoms with E-state index in [2.05, 4.69) is 18.7 Å². The number of aliphatic hydroxyl groups is 1. The molecule has 0 aromatic carbocycles. The van der Waals surface area contributed by atoms with E-state index in [-0.39, 0.29) is 6.10 Å². The number of hydrogen-bond acceptors (Lipinski definition) is 3. The fraction of sp³-hybridized carbons (Fsp3) is 1.00. The van der Waals surface area contributed by atoms with Crippen molar-refractivity contribution >= 4 is 0 Å². The molecule has 1 saturated heterocycles. The summed E-state index contributed by atoms with van der Waals surface area (Å²) in [6, 6.07) is 0. The van der Waals surface area contributed by atoms with Crippen molar-refractivity contribution in [2.75, 3.05) is 32.8 Å². The molecule has 0 amide bonds. The number of rotatable bonds is 5. The Labute approximate surface area is 87.1 Å². The molecule has 3 nitrogen and oxygen atoms in total. The zero-order chi connectivity index (χ0) is 10.4. The first-order valence-electron chi connectivity index (χ1n) is 5.72. The van der Waals surface area contributed by atoms with E-state index in [1.165, 1.54) is 0 Å². The molecule has 1 N–H and O–H groups in total. The molecule has 2 unspecified atom stereocenters. The Hall–Kier alpha value is -0.120. The molecule has 1 aliphatic rings. The van der Waals surface area contributed by atoms with Crippen molar-refractivity contribution < 1.29 is 9.84 Å². The van der Waals surface area contributed by atoms with Crippen LogP contribution in [0.15, 0.2) is 0 Å². The summed E-state index contributed by atoms with van der Waals surface area (Å²) in [4.78, 5) is 2.29. The fourth-order valence-corrected chi connectivity index (χ4v) is 1.76. The second kappa shape index (κ2) is 6.38. The van der Waals surface area contributed by atoms with Crippen LogP contribution >= 0.6 is 0 Å². The van der Waals surface area contributed by atoms with Gasteiger partial charge in [0.15, 0.2) is 0 Å². The van der Waals surface area contributed by atoms with Crippen molar-refractivity contribution in [3.8, 4) is 0 Å². The SMILES string of the molecule is CCCOCCN1CCC(C)C(O)C1. The van der Waals surface area contributed by atoms with Gasteiger partial charge in [0.1, 0.15) is 0 Å². The van der Waals surface area contributed by atoms with Crippen LogP contribution in [0.1, 0.15) is 26.7 Å². The van der Waals surface area contributed by atoms with E-state index in [1.807, 2.05) is 0 Å². The van der Waals surface area contributed by atoms with E-state index in [4.69, 9.17) is 4.74 Å². The van der Waals surface area contributed by atoms with Crippen LogP contribution < -0.4 is 0 Å². The molecule has 0 bridgehead atoms. The monoisotopic (exact) mass is 201 g/mol. The van der Waals surface area contributed by atoms with Crippen molar-refractivity contribution in [1.82, 2.24) is 4.90 Å². The molecule has 1 fully saturated rings. The van der Waals surface area contributed by atoms with Gasteiger partial charge in [-0.05, 0) is 25.3 Å². The zero-order valence-corrected chi connectivity index (χ0v) is 9.41. The fourth-order valence-electron chi connectivity index (χ4n) is 1.76. The number of likely N-dealkylation sites (tertiary alicyclic amines) is 1. The summed E-state index contributed by atoms with van der Waals surface area (Å²) in [6.45, 7) is 8.78. The van der Waals surface area contributed by atoms with Crippen molar-refractivity contribution in [3.05, 3.63) is 0 Å². The van der Waals surface area contributed by atoms with Crippen molar-refractivity contribution in [1.29, 1.82) is 0 Å². The minimum absolute atomic E-state index is 0.144. The summed E-state index contributed by atoms with van der Waals surface area (Å²) in [5, 5.41) is 9.67. The van der Waals surface area contributed by atoms with E-state index in [9.17, 15) is 5.11 Å². The Morgan fingerprint density at radius 3 is 2.86 bits per heavy atom. The first-order valence-corrected chi connectivity index (χ1v) is 5.72. The number of aliphatic hydroxyl groups excluding tert-OH is 1. The van der Waals surface area contributed by atoms with Crippen molar-refractivity contribution in [3.63, 3.8) is 0 Å². The third-order valence-electron chi connectivity index (χ3n) is 2.90. The molecule has 3 heteroatoms. The molecule has 0 aromatic rings. The lowest BCUT2D eigenvalue weighted by molar-refractivity contribution is 0.0144. The highest BCUT2D eigenvalue weighted by atomic mass is 16.5. The maximum absolute atomic E-state index is 9.67.